The second-order valence-electron chi connectivity index (χ2n) is 5.68. The molecule has 5 atom stereocenters. The topological polar surface area (TPSA) is 78.9 Å². The summed E-state index contributed by atoms with van der Waals surface area (Å²) in [6.45, 7) is 1.74. The Kier molecular flexibility index (Phi) is 3.40. The minimum atomic E-state index is -0.397. The van der Waals surface area contributed by atoms with Crippen LogP contribution in [0.25, 0.3) is 0 Å². The van der Waals surface area contributed by atoms with E-state index in [2.05, 4.69) is 0 Å². The van der Waals surface area contributed by atoms with Gasteiger partial charge in [0.15, 0.2) is 0 Å². The molecule has 0 aromatic heterocycles. The lowest BCUT2D eigenvalue weighted by molar-refractivity contribution is -0.163. The van der Waals surface area contributed by atoms with Crippen LogP contribution < -0.4 is 0 Å². The normalized spacial score (nSPS) is 36.9. The van der Waals surface area contributed by atoms with Gasteiger partial charge in [0.1, 0.15) is 18.8 Å². The van der Waals surface area contributed by atoms with E-state index in [4.69, 9.17) is 14.2 Å². The summed E-state index contributed by atoms with van der Waals surface area (Å²) in [4.78, 5) is 34.3. The van der Waals surface area contributed by atoms with E-state index in [0.29, 0.717) is 6.42 Å². The van der Waals surface area contributed by atoms with Gasteiger partial charge in [0.25, 0.3) is 0 Å². The van der Waals surface area contributed by atoms with Gasteiger partial charge < -0.3 is 14.2 Å². The first-order chi connectivity index (χ1) is 9.60. The molecule has 2 saturated carbocycles. The summed E-state index contributed by atoms with van der Waals surface area (Å²) in [5.74, 6) is -0.383. The number of esters is 3. The van der Waals surface area contributed by atoms with Crippen LogP contribution in [0.5, 0.6) is 0 Å². The van der Waals surface area contributed by atoms with Gasteiger partial charge in [-0.25, -0.2) is 0 Å². The standard InChI is InChI=1S/C14H18O6/c1-2-10(15)18-4-3-11(16)19-12-7-5-8-9(6-7)14(17)20-13(8)12/h7-9,12-13H,2-6H2,1H3. The molecule has 1 heterocycles. The first-order valence-corrected chi connectivity index (χ1v) is 7.15. The van der Waals surface area contributed by atoms with Crippen molar-refractivity contribution >= 4 is 17.9 Å². The van der Waals surface area contributed by atoms with E-state index in [0.717, 1.165) is 12.8 Å². The molecule has 3 aliphatic rings. The van der Waals surface area contributed by atoms with Gasteiger partial charge in [-0.1, -0.05) is 6.92 Å². The Morgan fingerprint density at radius 2 is 2.10 bits per heavy atom. The Morgan fingerprint density at radius 1 is 1.30 bits per heavy atom. The molecule has 1 saturated heterocycles. The fraction of sp³-hybridized carbons (Fsp3) is 0.786. The minimum Gasteiger partial charge on any atom is -0.465 e. The highest BCUT2D eigenvalue weighted by Crippen LogP contribution is 2.55. The molecule has 6 nitrogen and oxygen atoms in total. The molecule has 6 heteroatoms. The van der Waals surface area contributed by atoms with Gasteiger partial charge in [-0.05, 0) is 12.8 Å². The van der Waals surface area contributed by atoms with Crippen molar-refractivity contribution < 1.29 is 28.6 Å². The van der Waals surface area contributed by atoms with Crippen LogP contribution in [-0.4, -0.2) is 36.7 Å². The molecular formula is C14H18O6. The molecule has 2 aliphatic carbocycles. The number of carbonyl (C=O) groups excluding carboxylic acids is 3. The smallest absolute Gasteiger partial charge is 0.309 e. The zero-order valence-corrected chi connectivity index (χ0v) is 11.4. The Balaban J connectivity index is 1.48. The van der Waals surface area contributed by atoms with Crippen LogP contribution in [0.15, 0.2) is 0 Å². The van der Waals surface area contributed by atoms with Crippen molar-refractivity contribution in [3.05, 3.63) is 0 Å². The van der Waals surface area contributed by atoms with Crippen molar-refractivity contribution in [2.75, 3.05) is 6.61 Å². The molecule has 0 radical (unpaired) electrons. The van der Waals surface area contributed by atoms with E-state index >= 15 is 0 Å². The lowest BCUT2D eigenvalue weighted by Crippen LogP contribution is -2.36. The van der Waals surface area contributed by atoms with E-state index < -0.39 is 5.97 Å². The van der Waals surface area contributed by atoms with E-state index in [9.17, 15) is 14.4 Å². The highest BCUT2D eigenvalue weighted by atomic mass is 16.6. The lowest BCUT2D eigenvalue weighted by Gasteiger charge is -2.25. The summed E-state index contributed by atoms with van der Waals surface area (Å²) in [5, 5.41) is 0. The van der Waals surface area contributed by atoms with E-state index in [1.54, 1.807) is 6.92 Å². The van der Waals surface area contributed by atoms with Crippen molar-refractivity contribution in [1.29, 1.82) is 0 Å². The minimum absolute atomic E-state index is 0.0189. The maximum Gasteiger partial charge on any atom is 0.309 e. The fourth-order valence-corrected chi connectivity index (χ4v) is 3.63. The molecule has 3 fully saturated rings. The molecule has 0 amide bonds. The van der Waals surface area contributed by atoms with Gasteiger partial charge in [0.2, 0.25) is 0 Å². The van der Waals surface area contributed by atoms with E-state index in [-0.39, 0.29) is 54.9 Å². The average Bonchev–Trinajstić information content (AvgIpc) is 3.03. The molecule has 5 unspecified atom stereocenters. The van der Waals surface area contributed by atoms with Crippen molar-refractivity contribution in [3.63, 3.8) is 0 Å². The SMILES string of the molecule is CCC(=O)OCCC(=O)OC1C2CC3C(=O)OC1C3C2. The van der Waals surface area contributed by atoms with Crippen LogP contribution in [0.2, 0.25) is 0 Å². The fourth-order valence-electron chi connectivity index (χ4n) is 3.63. The number of rotatable bonds is 5. The van der Waals surface area contributed by atoms with E-state index in [1.165, 1.54) is 0 Å². The van der Waals surface area contributed by atoms with Crippen LogP contribution in [0.1, 0.15) is 32.6 Å². The Labute approximate surface area is 116 Å². The van der Waals surface area contributed by atoms with Gasteiger partial charge in [-0.3, -0.25) is 14.4 Å². The van der Waals surface area contributed by atoms with Crippen molar-refractivity contribution in [3.8, 4) is 0 Å². The molecule has 0 aromatic rings. The predicted octanol–water partition coefficient (Wildman–Crippen LogP) is 0.823. The second-order valence-corrected chi connectivity index (χ2v) is 5.68. The van der Waals surface area contributed by atoms with Crippen LogP contribution in [-0.2, 0) is 28.6 Å². The molecule has 0 N–H and O–H groups in total. The van der Waals surface area contributed by atoms with Gasteiger partial charge in [0, 0.05) is 18.3 Å². The molecular weight excluding hydrogens is 264 g/mol. The summed E-state index contributed by atoms with van der Waals surface area (Å²) < 4.78 is 15.6. The summed E-state index contributed by atoms with van der Waals surface area (Å²) in [5.41, 5.74) is 0. The molecule has 1 aliphatic heterocycles. The number of ether oxygens (including phenoxy) is 3. The quantitative estimate of drug-likeness (QED) is 0.549. The van der Waals surface area contributed by atoms with Crippen molar-refractivity contribution in [2.24, 2.45) is 17.8 Å². The van der Waals surface area contributed by atoms with Gasteiger partial charge in [-0.2, -0.15) is 0 Å². The largest absolute Gasteiger partial charge is 0.465 e. The number of carbonyl (C=O) groups is 3. The molecule has 110 valence electrons. The maximum atomic E-state index is 11.7. The lowest BCUT2D eigenvalue weighted by atomic mass is 9.88. The highest BCUT2D eigenvalue weighted by Gasteiger charge is 2.63. The van der Waals surface area contributed by atoms with Gasteiger partial charge in [0.05, 0.1) is 12.3 Å². The molecule has 0 aromatic carbocycles. The first-order valence-electron chi connectivity index (χ1n) is 7.15. The second kappa shape index (κ2) is 5.07. The molecule has 3 rings (SSSR count). The molecule has 0 spiro atoms. The third-order valence-corrected chi connectivity index (χ3v) is 4.54. The Bertz CT molecular complexity index is 445. The number of hydrogen-bond donors (Lipinski definition) is 0. The Morgan fingerprint density at radius 3 is 2.85 bits per heavy atom. The van der Waals surface area contributed by atoms with Crippen LogP contribution in [0, 0.1) is 17.8 Å². The third kappa shape index (κ3) is 2.17. The molecule has 2 bridgehead atoms. The van der Waals surface area contributed by atoms with Crippen LogP contribution in [0.3, 0.4) is 0 Å². The van der Waals surface area contributed by atoms with E-state index in [1.807, 2.05) is 0 Å². The third-order valence-electron chi connectivity index (χ3n) is 4.54. The summed E-state index contributed by atoms with van der Waals surface area (Å²) in [7, 11) is 0. The van der Waals surface area contributed by atoms with Crippen LogP contribution in [0.4, 0.5) is 0 Å². The Hall–Kier alpha value is -1.59. The van der Waals surface area contributed by atoms with Crippen LogP contribution >= 0.6 is 0 Å². The first kappa shape index (κ1) is 13.4. The highest BCUT2D eigenvalue weighted by molar-refractivity contribution is 5.77. The van der Waals surface area contributed by atoms with Gasteiger partial charge >= 0.3 is 17.9 Å². The van der Waals surface area contributed by atoms with Crippen molar-refractivity contribution in [1.82, 2.24) is 0 Å². The van der Waals surface area contributed by atoms with Gasteiger partial charge in [-0.15, -0.1) is 0 Å². The molecule has 20 heavy (non-hydrogen) atoms. The number of hydrogen-bond acceptors (Lipinski definition) is 6. The average molecular weight is 282 g/mol. The number of fused-ring (bicyclic) bond motifs is 1. The van der Waals surface area contributed by atoms with Crippen molar-refractivity contribution in [2.45, 2.75) is 44.8 Å². The monoisotopic (exact) mass is 282 g/mol. The summed E-state index contributed by atoms with van der Waals surface area (Å²) in [6, 6.07) is 0. The summed E-state index contributed by atoms with van der Waals surface area (Å²) >= 11 is 0. The predicted molar refractivity (Wildman–Crippen MR) is 65.3 cm³/mol. The summed E-state index contributed by atoms with van der Waals surface area (Å²) in [6.07, 6.45) is 1.45. The zero-order chi connectivity index (χ0) is 14.3. The zero-order valence-electron chi connectivity index (χ0n) is 11.4. The maximum absolute atomic E-state index is 11.7.